The number of sulfonamides is 1. The van der Waals surface area contributed by atoms with Crippen LogP contribution >= 0.6 is 27.3 Å². The van der Waals surface area contributed by atoms with Gasteiger partial charge >= 0.3 is 0 Å². The van der Waals surface area contributed by atoms with Gasteiger partial charge in [0.25, 0.3) is 0 Å². The average Bonchev–Trinajstić information content (AvgIpc) is 3.34. The zero-order valence-electron chi connectivity index (χ0n) is 18.4. The Kier molecular flexibility index (Phi) is 7.13. The summed E-state index contributed by atoms with van der Waals surface area (Å²) in [6, 6.07) is 10.4. The molecule has 1 aliphatic heterocycles. The molecule has 2 heterocycles. The number of benzene rings is 2. The van der Waals surface area contributed by atoms with Crippen molar-refractivity contribution < 1.29 is 22.6 Å². The SMILES string of the molecule is COc1cc(-c2csc(N3CCN(S(=O)(=O)c4ccc(Br)cc4)CC3)n2)cc(OC)c1OC. The lowest BCUT2D eigenvalue weighted by molar-refractivity contribution is 0.324. The predicted molar refractivity (Wildman–Crippen MR) is 132 cm³/mol. The van der Waals surface area contributed by atoms with Crippen LogP contribution in [0.25, 0.3) is 11.3 Å². The molecule has 0 bridgehead atoms. The van der Waals surface area contributed by atoms with Crippen molar-refractivity contribution in [3.05, 3.63) is 46.3 Å². The van der Waals surface area contributed by atoms with Crippen LogP contribution in [0.1, 0.15) is 0 Å². The summed E-state index contributed by atoms with van der Waals surface area (Å²) in [4.78, 5) is 7.20. The van der Waals surface area contributed by atoms with Gasteiger partial charge in [0.05, 0.1) is 31.9 Å². The van der Waals surface area contributed by atoms with Crippen molar-refractivity contribution in [3.8, 4) is 28.5 Å². The second kappa shape index (κ2) is 9.88. The molecule has 1 saturated heterocycles. The van der Waals surface area contributed by atoms with Crippen LogP contribution in [0, 0.1) is 0 Å². The molecule has 0 saturated carbocycles. The predicted octanol–water partition coefficient (Wildman–Crippen LogP) is 4.11. The maximum Gasteiger partial charge on any atom is 0.243 e. The Bertz CT molecular complexity index is 1200. The lowest BCUT2D eigenvalue weighted by Gasteiger charge is -2.33. The van der Waals surface area contributed by atoms with Gasteiger partial charge in [0.15, 0.2) is 16.6 Å². The molecular formula is C22H24BrN3O5S2. The van der Waals surface area contributed by atoms with Gasteiger partial charge in [-0.1, -0.05) is 15.9 Å². The molecule has 0 radical (unpaired) electrons. The molecule has 0 aliphatic carbocycles. The van der Waals surface area contributed by atoms with Crippen LogP contribution in [0.3, 0.4) is 0 Å². The first-order valence-corrected chi connectivity index (χ1v) is 13.2. The summed E-state index contributed by atoms with van der Waals surface area (Å²) in [6.45, 7) is 1.94. The number of aromatic nitrogens is 1. The standard InChI is InChI=1S/C22H24BrN3O5S2/c1-29-19-12-15(13-20(30-2)21(19)31-3)18-14-32-22(24-18)25-8-10-26(11-9-25)33(27,28)17-6-4-16(23)5-7-17/h4-7,12-14H,8-11H2,1-3H3. The van der Waals surface area contributed by atoms with Crippen LogP contribution < -0.4 is 19.1 Å². The monoisotopic (exact) mass is 553 g/mol. The van der Waals surface area contributed by atoms with Crippen molar-refractivity contribution in [2.75, 3.05) is 52.4 Å². The molecule has 8 nitrogen and oxygen atoms in total. The normalized spacial score (nSPS) is 14.8. The molecule has 0 N–H and O–H groups in total. The third kappa shape index (κ3) is 4.81. The molecule has 11 heteroatoms. The van der Waals surface area contributed by atoms with E-state index in [1.807, 2.05) is 17.5 Å². The van der Waals surface area contributed by atoms with Gasteiger partial charge in [0.1, 0.15) is 0 Å². The molecule has 0 unspecified atom stereocenters. The van der Waals surface area contributed by atoms with Crippen molar-refractivity contribution in [2.24, 2.45) is 0 Å². The number of anilines is 1. The first-order valence-electron chi connectivity index (χ1n) is 10.1. The number of hydrogen-bond donors (Lipinski definition) is 0. The molecule has 1 fully saturated rings. The summed E-state index contributed by atoms with van der Waals surface area (Å²) >= 11 is 4.87. The third-order valence-corrected chi connectivity index (χ3v) is 8.76. The summed E-state index contributed by atoms with van der Waals surface area (Å²) in [6.07, 6.45) is 0. The Morgan fingerprint density at radius 3 is 2.09 bits per heavy atom. The Labute approximate surface area is 205 Å². The van der Waals surface area contributed by atoms with E-state index in [2.05, 4.69) is 20.8 Å². The van der Waals surface area contributed by atoms with E-state index in [4.69, 9.17) is 19.2 Å². The third-order valence-electron chi connectivity index (χ3n) is 5.41. The van der Waals surface area contributed by atoms with E-state index < -0.39 is 10.0 Å². The number of rotatable bonds is 7. The minimum Gasteiger partial charge on any atom is -0.493 e. The molecule has 33 heavy (non-hydrogen) atoms. The van der Waals surface area contributed by atoms with Crippen molar-refractivity contribution in [2.45, 2.75) is 4.90 Å². The van der Waals surface area contributed by atoms with Crippen LogP contribution in [0.4, 0.5) is 5.13 Å². The van der Waals surface area contributed by atoms with Gasteiger partial charge in [0.2, 0.25) is 15.8 Å². The molecule has 1 aliphatic rings. The van der Waals surface area contributed by atoms with Gasteiger partial charge in [-0.3, -0.25) is 0 Å². The number of thiazole rings is 1. The summed E-state index contributed by atoms with van der Waals surface area (Å²) in [7, 11) is 1.21. The second-order valence-corrected chi connectivity index (χ2v) is 11.0. The van der Waals surface area contributed by atoms with E-state index >= 15 is 0 Å². The molecule has 0 atom stereocenters. The lowest BCUT2D eigenvalue weighted by Crippen LogP contribution is -2.48. The topological polar surface area (TPSA) is 81.2 Å². The van der Waals surface area contributed by atoms with Crippen molar-refractivity contribution in [1.29, 1.82) is 0 Å². The van der Waals surface area contributed by atoms with Crippen LogP contribution in [-0.4, -0.2) is 65.2 Å². The van der Waals surface area contributed by atoms with Crippen molar-refractivity contribution in [3.63, 3.8) is 0 Å². The summed E-state index contributed by atoms with van der Waals surface area (Å²) < 4.78 is 44.6. The molecule has 176 valence electrons. The number of methoxy groups -OCH3 is 3. The van der Waals surface area contributed by atoms with Gasteiger partial charge in [-0.2, -0.15) is 4.31 Å². The Hall–Kier alpha value is -2.34. The molecule has 0 amide bonds. The number of hydrogen-bond acceptors (Lipinski definition) is 8. The van der Waals surface area contributed by atoms with E-state index in [1.54, 1.807) is 45.6 Å². The first-order chi connectivity index (χ1) is 15.9. The molecule has 4 rings (SSSR count). The summed E-state index contributed by atoms with van der Waals surface area (Å²) in [5, 5.41) is 2.82. The van der Waals surface area contributed by atoms with Gasteiger partial charge in [-0.25, -0.2) is 13.4 Å². The molecule has 0 spiro atoms. The summed E-state index contributed by atoms with van der Waals surface area (Å²) in [5.41, 5.74) is 1.64. The van der Waals surface area contributed by atoms with Crippen LogP contribution in [0.2, 0.25) is 0 Å². The maximum atomic E-state index is 12.9. The fraction of sp³-hybridized carbons (Fsp3) is 0.318. The minimum absolute atomic E-state index is 0.304. The molecule has 3 aromatic rings. The van der Waals surface area contributed by atoms with Gasteiger partial charge in [-0.05, 0) is 36.4 Å². The highest BCUT2D eigenvalue weighted by Crippen LogP contribution is 2.41. The summed E-state index contributed by atoms with van der Waals surface area (Å²) in [5.74, 6) is 1.66. The largest absolute Gasteiger partial charge is 0.493 e. The number of nitrogens with zero attached hydrogens (tertiary/aromatic N) is 3. The highest BCUT2D eigenvalue weighted by Gasteiger charge is 2.29. The van der Waals surface area contributed by atoms with E-state index in [0.29, 0.717) is 48.3 Å². The van der Waals surface area contributed by atoms with Gasteiger partial charge in [-0.15, -0.1) is 11.3 Å². The fourth-order valence-electron chi connectivity index (χ4n) is 3.65. The van der Waals surface area contributed by atoms with Crippen LogP contribution in [0.5, 0.6) is 17.2 Å². The number of halogens is 1. The van der Waals surface area contributed by atoms with E-state index in [1.165, 1.54) is 15.6 Å². The highest BCUT2D eigenvalue weighted by molar-refractivity contribution is 9.10. The highest BCUT2D eigenvalue weighted by atomic mass is 79.9. The molecule has 2 aromatic carbocycles. The molecular weight excluding hydrogens is 530 g/mol. The molecule has 1 aromatic heterocycles. The second-order valence-electron chi connectivity index (χ2n) is 7.27. The van der Waals surface area contributed by atoms with Crippen LogP contribution in [-0.2, 0) is 10.0 Å². The fourth-order valence-corrected chi connectivity index (χ4v) is 6.22. The smallest absolute Gasteiger partial charge is 0.243 e. The Morgan fingerprint density at radius 2 is 1.55 bits per heavy atom. The first kappa shape index (κ1) is 23.8. The van der Waals surface area contributed by atoms with Crippen LogP contribution in [0.15, 0.2) is 51.1 Å². The zero-order chi connectivity index (χ0) is 23.6. The maximum absolute atomic E-state index is 12.9. The van der Waals surface area contributed by atoms with E-state index in [9.17, 15) is 8.42 Å². The lowest BCUT2D eigenvalue weighted by atomic mass is 10.1. The Balaban J connectivity index is 1.49. The Morgan fingerprint density at radius 1 is 0.939 bits per heavy atom. The average molecular weight is 554 g/mol. The number of piperazine rings is 1. The van der Waals surface area contributed by atoms with Gasteiger partial charge < -0.3 is 19.1 Å². The number of ether oxygens (including phenoxy) is 3. The minimum atomic E-state index is -3.52. The van der Waals surface area contributed by atoms with Crippen molar-refractivity contribution >= 4 is 42.4 Å². The van der Waals surface area contributed by atoms with Gasteiger partial charge in [0, 0.05) is 41.6 Å². The zero-order valence-corrected chi connectivity index (χ0v) is 21.7. The quantitative estimate of drug-likeness (QED) is 0.435. The van der Waals surface area contributed by atoms with E-state index in [0.717, 1.165) is 20.9 Å². The van der Waals surface area contributed by atoms with E-state index in [-0.39, 0.29) is 0 Å². The van der Waals surface area contributed by atoms with Crippen molar-refractivity contribution in [1.82, 2.24) is 9.29 Å².